The topological polar surface area (TPSA) is 237 Å². The lowest BCUT2D eigenvalue weighted by atomic mass is 10.00. The molecule has 6 atom stereocenters. The molecule has 0 aromatic heterocycles. The summed E-state index contributed by atoms with van der Waals surface area (Å²) in [5, 5.41) is 10.6. The number of aliphatic hydroxyl groups excluding tert-OH is 1. The van der Waals surface area contributed by atoms with E-state index in [2.05, 4.69) is 48.5 Å². The Morgan fingerprint density at radius 2 is 0.510 bits per heavy atom. The van der Waals surface area contributed by atoms with Crippen molar-refractivity contribution in [1.29, 1.82) is 0 Å². The van der Waals surface area contributed by atoms with Gasteiger partial charge in [0.25, 0.3) is 0 Å². The van der Waals surface area contributed by atoms with Crippen molar-refractivity contribution < 1.29 is 80.2 Å². The van der Waals surface area contributed by atoms with Gasteiger partial charge in [-0.2, -0.15) is 0 Å². The number of esters is 4. The van der Waals surface area contributed by atoms with Crippen molar-refractivity contribution in [2.45, 2.75) is 439 Å². The molecule has 100 heavy (non-hydrogen) atoms. The Balaban J connectivity index is 5.25. The number of phosphoric acid groups is 2. The van der Waals surface area contributed by atoms with E-state index >= 15 is 0 Å². The minimum atomic E-state index is -4.96. The summed E-state index contributed by atoms with van der Waals surface area (Å²) in [6.45, 7) is 11.9. The van der Waals surface area contributed by atoms with E-state index in [1.54, 1.807) is 0 Å². The first-order valence-corrected chi connectivity index (χ1v) is 44.9. The van der Waals surface area contributed by atoms with Crippen LogP contribution in [0, 0.1) is 17.8 Å². The number of carbonyl (C=O) groups is 4. The minimum Gasteiger partial charge on any atom is -0.462 e. The van der Waals surface area contributed by atoms with Crippen molar-refractivity contribution in [2.75, 3.05) is 39.6 Å². The molecule has 0 saturated heterocycles. The Morgan fingerprint density at radius 1 is 0.290 bits per heavy atom. The summed E-state index contributed by atoms with van der Waals surface area (Å²) in [4.78, 5) is 73.0. The van der Waals surface area contributed by atoms with Crippen molar-refractivity contribution in [3.63, 3.8) is 0 Å². The molecule has 0 rings (SSSR count). The third-order valence-corrected chi connectivity index (χ3v) is 21.1. The molecule has 0 bridgehead atoms. The summed E-state index contributed by atoms with van der Waals surface area (Å²) in [5.74, 6) is 0.187. The number of rotatable bonds is 79. The standard InChI is InChI=1S/C81H158O17P2/c1-8-10-11-12-13-14-15-16-17-18-19-20-21-24-31-36-41-50-57-64-80(85)97-76(68-91-78(83)62-55-48-40-35-30-25-22-23-28-33-38-45-52-59-72(3)4)70-95-99(87,88)93-66-75(82)67-94-100(89,90)96-71-77(69-92-79(84)63-56-49-44-43-47-54-61-74(7)9-2)98-81(86)65-58-51-42-37-32-27-26-29-34-39-46-53-60-73(5)6/h72-77,82H,8-71H2,1-7H3,(H,87,88)(H,89,90)/t74?,75-,76-,77-/m1/s1. The van der Waals surface area contributed by atoms with E-state index in [1.807, 2.05) is 0 Å². The van der Waals surface area contributed by atoms with Gasteiger partial charge in [0.05, 0.1) is 26.4 Å². The van der Waals surface area contributed by atoms with Gasteiger partial charge in [-0.05, 0) is 43.4 Å². The number of ether oxygens (including phenoxy) is 4. The summed E-state index contributed by atoms with van der Waals surface area (Å²) in [6, 6.07) is 0. The number of phosphoric ester groups is 2. The number of carbonyl (C=O) groups excluding carboxylic acids is 4. The van der Waals surface area contributed by atoms with Crippen LogP contribution >= 0.6 is 15.6 Å². The lowest BCUT2D eigenvalue weighted by molar-refractivity contribution is -0.161. The average Bonchev–Trinajstić information content (AvgIpc) is 0.935. The molecule has 0 radical (unpaired) electrons. The van der Waals surface area contributed by atoms with Gasteiger partial charge >= 0.3 is 39.5 Å². The van der Waals surface area contributed by atoms with Crippen LogP contribution in [0.3, 0.4) is 0 Å². The fraction of sp³-hybridized carbons (Fsp3) is 0.951. The van der Waals surface area contributed by atoms with Crippen molar-refractivity contribution in [3.8, 4) is 0 Å². The lowest BCUT2D eigenvalue weighted by Crippen LogP contribution is -2.30. The van der Waals surface area contributed by atoms with Gasteiger partial charge in [0.1, 0.15) is 19.3 Å². The van der Waals surface area contributed by atoms with E-state index in [4.69, 9.17) is 37.0 Å². The van der Waals surface area contributed by atoms with Gasteiger partial charge in [-0.15, -0.1) is 0 Å². The van der Waals surface area contributed by atoms with Crippen molar-refractivity contribution >= 4 is 39.5 Å². The molecule has 0 fully saturated rings. The predicted molar refractivity (Wildman–Crippen MR) is 409 cm³/mol. The molecule has 3 N–H and O–H groups in total. The normalized spacial score (nSPS) is 14.2. The molecule has 3 unspecified atom stereocenters. The zero-order chi connectivity index (χ0) is 73.7. The maximum Gasteiger partial charge on any atom is 0.472 e. The zero-order valence-electron chi connectivity index (χ0n) is 65.7. The SMILES string of the molecule is CCCCCCCCCCCCCCCCCCCCCC(=O)O[C@H](COC(=O)CCCCCCCCCCCCCCCC(C)C)COP(=O)(O)OC[C@@H](O)COP(=O)(O)OC[C@@H](COC(=O)CCCCCCCCC(C)CC)OC(=O)CCCCCCCCCCCCCCC(C)C. The van der Waals surface area contributed by atoms with Crippen LogP contribution in [-0.2, 0) is 65.4 Å². The predicted octanol–water partition coefficient (Wildman–Crippen LogP) is 24.1. The van der Waals surface area contributed by atoms with Crippen molar-refractivity contribution in [2.24, 2.45) is 17.8 Å². The van der Waals surface area contributed by atoms with Gasteiger partial charge in [0, 0.05) is 25.7 Å². The van der Waals surface area contributed by atoms with E-state index in [1.165, 1.54) is 225 Å². The van der Waals surface area contributed by atoms with Crippen LogP contribution in [0.5, 0.6) is 0 Å². The van der Waals surface area contributed by atoms with Crippen LogP contribution in [0.4, 0.5) is 0 Å². The van der Waals surface area contributed by atoms with Crippen LogP contribution in [0.25, 0.3) is 0 Å². The molecule has 594 valence electrons. The van der Waals surface area contributed by atoms with Crippen LogP contribution in [0.15, 0.2) is 0 Å². The van der Waals surface area contributed by atoms with Crippen LogP contribution in [0.1, 0.15) is 421 Å². The van der Waals surface area contributed by atoms with Crippen LogP contribution in [0.2, 0.25) is 0 Å². The fourth-order valence-corrected chi connectivity index (χ4v) is 14.0. The maximum atomic E-state index is 13.1. The highest BCUT2D eigenvalue weighted by atomic mass is 31.2. The first-order chi connectivity index (χ1) is 48.3. The number of hydrogen-bond donors (Lipinski definition) is 3. The van der Waals surface area contributed by atoms with Crippen LogP contribution in [-0.4, -0.2) is 96.7 Å². The van der Waals surface area contributed by atoms with E-state index < -0.39 is 97.5 Å². The van der Waals surface area contributed by atoms with Crippen LogP contribution < -0.4 is 0 Å². The van der Waals surface area contributed by atoms with Crippen molar-refractivity contribution in [1.82, 2.24) is 0 Å². The Labute approximate surface area is 613 Å². The van der Waals surface area contributed by atoms with E-state index in [0.29, 0.717) is 25.7 Å². The molecule has 0 spiro atoms. The molecule has 0 saturated carbocycles. The smallest absolute Gasteiger partial charge is 0.462 e. The molecule has 0 aliphatic rings. The molecular weight excluding hydrogens is 1310 g/mol. The fourth-order valence-electron chi connectivity index (χ4n) is 12.5. The molecule has 0 amide bonds. The second kappa shape index (κ2) is 71.3. The van der Waals surface area contributed by atoms with Gasteiger partial charge in [0.15, 0.2) is 12.2 Å². The second-order valence-corrected chi connectivity index (χ2v) is 33.3. The third-order valence-electron chi connectivity index (χ3n) is 19.2. The third kappa shape index (κ3) is 73.0. The van der Waals surface area contributed by atoms with Gasteiger partial charge < -0.3 is 33.8 Å². The summed E-state index contributed by atoms with van der Waals surface area (Å²) >= 11 is 0. The number of unbranched alkanes of at least 4 members (excludes halogenated alkanes) is 46. The molecular formula is C81H158O17P2. The summed E-state index contributed by atoms with van der Waals surface area (Å²) < 4.78 is 68.7. The van der Waals surface area contributed by atoms with Gasteiger partial charge in [0.2, 0.25) is 0 Å². The Kier molecular flexibility index (Phi) is 69.9. The summed E-state index contributed by atoms with van der Waals surface area (Å²) in [6.07, 6.45) is 59.7. The monoisotopic (exact) mass is 1470 g/mol. The molecule has 0 aromatic carbocycles. The number of hydrogen-bond acceptors (Lipinski definition) is 15. The highest BCUT2D eigenvalue weighted by Crippen LogP contribution is 2.45. The highest BCUT2D eigenvalue weighted by molar-refractivity contribution is 7.47. The summed E-state index contributed by atoms with van der Waals surface area (Å²) in [7, 11) is -9.92. The minimum absolute atomic E-state index is 0.106. The Bertz CT molecular complexity index is 1940. The molecule has 19 heteroatoms. The quantitative estimate of drug-likeness (QED) is 0.0222. The highest BCUT2D eigenvalue weighted by Gasteiger charge is 2.30. The molecule has 0 aliphatic heterocycles. The largest absolute Gasteiger partial charge is 0.472 e. The Morgan fingerprint density at radius 3 is 0.760 bits per heavy atom. The maximum absolute atomic E-state index is 13.1. The first kappa shape index (κ1) is 98.1. The molecule has 0 aromatic rings. The van der Waals surface area contributed by atoms with E-state index in [9.17, 15) is 43.2 Å². The van der Waals surface area contributed by atoms with Gasteiger partial charge in [-0.1, -0.05) is 370 Å². The van der Waals surface area contributed by atoms with Gasteiger partial charge in [-0.25, -0.2) is 9.13 Å². The molecule has 17 nitrogen and oxygen atoms in total. The average molecular weight is 1470 g/mol. The molecule has 0 aliphatic carbocycles. The zero-order valence-corrected chi connectivity index (χ0v) is 67.5. The van der Waals surface area contributed by atoms with E-state index in [-0.39, 0.29) is 25.7 Å². The number of aliphatic hydroxyl groups is 1. The Hall–Kier alpha value is -1.94. The van der Waals surface area contributed by atoms with E-state index in [0.717, 1.165) is 114 Å². The second-order valence-electron chi connectivity index (χ2n) is 30.4. The molecule has 0 heterocycles. The lowest BCUT2D eigenvalue weighted by Gasteiger charge is -2.21. The first-order valence-electron chi connectivity index (χ1n) is 41.9. The van der Waals surface area contributed by atoms with Crippen molar-refractivity contribution in [3.05, 3.63) is 0 Å². The summed E-state index contributed by atoms with van der Waals surface area (Å²) in [5.41, 5.74) is 0. The van der Waals surface area contributed by atoms with Gasteiger partial charge in [-0.3, -0.25) is 37.3 Å².